The summed E-state index contributed by atoms with van der Waals surface area (Å²) in [6.07, 6.45) is 0. The van der Waals surface area contributed by atoms with E-state index in [0.29, 0.717) is 23.1 Å². The lowest BCUT2D eigenvalue weighted by atomic mass is 10.1. The van der Waals surface area contributed by atoms with Gasteiger partial charge in [0, 0.05) is 23.6 Å². The zero-order valence-corrected chi connectivity index (χ0v) is 16.2. The van der Waals surface area contributed by atoms with E-state index in [1.165, 1.54) is 30.0 Å². The fourth-order valence-electron chi connectivity index (χ4n) is 2.87. The van der Waals surface area contributed by atoms with E-state index in [1.807, 2.05) is 0 Å². The molecule has 3 aromatic rings. The average Bonchev–Trinajstić information content (AvgIpc) is 2.72. The summed E-state index contributed by atoms with van der Waals surface area (Å²) in [6.45, 7) is 0.517. The first kappa shape index (κ1) is 20.4. The Morgan fingerprint density at radius 2 is 2.00 bits per heavy atom. The van der Waals surface area contributed by atoms with Gasteiger partial charge in [-0.3, -0.25) is 19.7 Å². The van der Waals surface area contributed by atoms with Crippen LogP contribution in [0.5, 0.6) is 0 Å². The van der Waals surface area contributed by atoms with Gasteiger partial charge in [0.15, 0.2) is 0 Å². The number of halogens is 1. The summed E-state index contributed by atoms with van der Waals surface area (Å²) in [7, 11) is 1.52. The van der Waals surface area contributed by atoms with Crippen molar-refractivity contribution in [3.8, 4) is 0 Å². The molecule has 0 unspecified atom stereocenters. The highest BCUT2D eigenvalue weighted by Gasteiger charge is 2.21. The third-order valence-corrected chi connectivity index (χ3v) is 4.50. The number of rotatable bonds is 7. The summed E-state index contributed by atoms with van der Waals surface area (Å²) in [6, 6.07) is 10.7. The normalized spacial score (nSPS) is 10.8. The van der Waals surface area contributed by atoms with Crippen molar-refractivity contribution in [2.75, 3.05) is 13.7 Å². The Balaban J connectivity index is 1.94. The Kier molecular flexibility index (Phi) is 6.20. The van der Waals surface area contributed by atoms with Gasteiger partial charge in [0.05, 0.1) is 35.7 Å². The van der Waals surface area contributed by atoms with Gasteiger partial charge in [0.2, 0.25) is 0 Å². The molecule has 1 N–H and O–H groups in total. The van der Waals surface area contributed by atoms with Crippen molar-refractivity contribution in [3.63, 3.8) is 0 Å². The van der Waals surface area contributed by atoms with Gasteiger partial charge in [-0.1, -0.05) is 29.8 Å². The fraction of sp³-hybridized carbons (Fsp3) is 0.211. The van der Waals surface area contributed by atoms with E-state index >= 15 is 0 Å². The molecular weight excluding hydrogens is 400 g/mol. The first-order chi connectivity index (χ1) is 13.9. The SMILES string of the molecule is COCCn1nc(CNC(=O)c2cc(Cl)ccc2[N+](=O)[O-])c2ccccc2c1=O. The second-order valence-corrected chi connectivity index (χ2v) is 6.55. The number of nitro benzene ring substituents is 1. The van der Waals surface area contributed by atoms with E-state index in [9.17, 15) is 19.7 Å². The monoisotopic (exact) mass is 416 g/mol. The lowest BCUT2D eigenvalue weighted by Gasteiger charge is -2.12. The molecule has 0 fully saturated rings. The van der Waals surface area contributed by atoms with Crippen LogP contribution in [0.4, 0.5) is 5.69 Å². The minimum absolute atomic E-state index is 0.0315. The van der Waals surface area contributed by atoms with Crippen LogP contribution >= 0.6 is 11.6 Å². The van der Waals surface area contributed by atoms with Gasteiger partial charge >= 0.3 is 0 Å². The molecule has 0 atom stereocenters. The molecule has 10 heteroatoms. The molecule has 9 nitrogen and oxygen atoms in total. The minimum atomic E-state index is -0.667. The molecule has 0 saturated heterocycles. The number of nitrogens with zero attached hydrogens (tertiary/aromatic N) is 3. The molecule has 2 aromatic carbocycles. The van der Waals surface area contributed by atoms with Crippen molar-refractivity contribution in [1.82, 2.24) is 15.1 Å². The van der Waals surface area contributed by atoms with Gasteiger partial charge in [0.1, 0.15) is 5.56 Å². The second-order valence-electron chi connectivity index (χ2n) is 6.11. The Hall–Kier alpha value is -3.30. The first-order valence-corrected chi connectivity index (χ1v) is 9.00. The van der Waals surface area contributed by atoms with Crippen LogP contribution in [0.3, 0.4) is 0 Å². The van der Waals surface area contributed by atoms with Crippen LogP contribution in [0.25, 0.3) is 10.8 Å². The highest BCUT2D eigenvalue weighted by Crippen LogP contribution is 2.23. The molecule has 1 amide bonds. The summed E-state index contributed by atoms with van der Waals surface area (Å²) in [4.78, 5) is 35.7. The summed E-state index contributed by atoms with van der Waals surface area (Å²) < 4.78 is 6.28. The van der Waals surface area contributed by atoms with Crippen LogP contribution in [0.15, 0.2) is 47.3 Å². The standard InChI is InChI=1S/C19H17ClN4O5/c1-29-9-8-23-19(26)14-5-3-2-4-13(14)16(22-23)11-21-18(25)15-10-12(20)6-7-17(15)24(27)28/h2-7,10H,8-9,11H2,1H3,(H,21,25). The van der Waals surface area contributed by atoms with Crippen LogP contribution in [0, 0.1) is 10.1 Å². The van der Waals surface area contributed by atoms with Gasteiger partial charge in [-0.2, -0.15) is 5.10 Å². The van der Waals surface area contributed by atoms with Crippen LogP contribution in [0.2, 0.25) is 5.02 Å². The third kappa shape index (κ3) is 4.41. The van der Waals surface area contributed by atoms with Crippen molar-refractivity contribution in [1.29, 1.82) is 0 Å². The molecule has 1 heterocycles. The largest absolute Gasteiger partial charge is 0.383 e. The number of nitrogens with one attached hydrogen (secondary N) is 1. The summed E-state index contributed by atoms with van der Waals surface area (Å²) >= 11 is 5.88. The number of methoxy groups -OCH3 is 1. The lowest BCUT2D eigenvalue weighted by Crippen LogP contribution is -2.29. The maximum atomic E-state index is 12.6. The van der Waals surface area contributed by atoms with Gasteiger partial charge in [-0.15, -0.1) is 0 Å². The number of aromatic nitrogens is 2. The molecule has 3 rings (SSSR count). The topological polar surface area (TPSA) is 116 Å². The molecule has 0 radical (unpaired) electrons. The van der Waals surface area contributed by atoms with E-state index in [-0.39, 0.29) is 34.9 Å². The van der Waals surface area contributed by atoms with E-state index in [1.54, 1.807) is 24.3 Å². The number of hydrogen-bond acceptors (Lipinski definition) is 6. The molecule has 29 heavy (non-hydrogen) atoms. The highest BCUT2D eigenvalue weighted by molar-refractivity contribution is 6.31. The second kappa shape index (κ2) is 8.80. The van der Waals surface area contributed by atoms with Crippen LogP contribution in [-0.2, 0) is 17.8 Å². The van der Waals surface area contributed by atoms with E-state index in [4.69, 9.17) is 16.3 Å². The number of benzene rings is 2. The summed E-state index contributed by atoms with van der Waals surface area (Å²) in [5.41, 5.74) is -0.318. The number of carbonyl (C=O) groups excluding carboxylic acids is 1. The molecule has 150 valence electrons. The average molecular weight is 417 g/mol. The molecule has 0 aliphatic carbocycles. The van der Waals surface area contributed by atoms with Gasteiger partial charge < -0.3 is 10.1 Å². The van der Waals surface area contributed by atoms with Crippen LogP contribution < -0.4 is 10.9 Å². The Morgan fingerprint density at radius 1 is 1.28 bits per heavy atom. The zero-order chi connectivity index (χ0) is 21.0. The van der Waals surface area contributed by atoms with Crippen molar-refractivity contribution >= 4 is 34.0 Å². The van der Waals surface area contributed by atoms with Gasteiger partial charge in [-0.05, 0) is 18.2 Å². The molecule has 1 aromatic heterocycles. The van der Waals surface area contributed by atoms with Crippen LogP contribution in [0.1, 0.15) is 16.1 Å². The van der Waals surface area contributed by atoms with Gasteiger partial charge in [-0.25, -0.2) is 4.68 Å². The van der Waals surface area contributed by atoms with Crippen molar-refractivity contribution in [3.05, 3.63) is 79.2 Å². The Morgan fingerprint density at radius 3 is 2.69 bits per heavy atom. The van der Waals surface area contributed by atoms with Gasteiger partial charge in [0.25, 0.3) is 17.2 Å². The fourth-order valence-corrected chi connectivity index (χ4v) is 3.05. The van der Waals surface area contributed by atoms with E-state index in [2.05, 4.69) is 10.4 Å². The predicted molar refractivity (Wildman–Crippen MR) is 107 cm³/mol. The predicted octanol–water partition coefficient (Wildman–Crippen LogP) is 2.53. The molecule has 0 saturated carbocycles. The number of ether oxygens (including phenoxy) is 1. The smallest absolute Gasteiger partial charge is 0.282 e. The quantitative estimate of drug-likeness (QED) is 0.467. The maximum absolute atomic E-state index is 12.6. The first-order valence-electron chi connectivity index (χ1n) is 8.62. The molecule has 0 bridgehead atoms. The number of carbonyl (C=O) groups is 1. The molecule has 0 aliphatic heterocycles. The third-order valence-electron chi connectivity index (χ3n) is 4.27. The number of hydrogen-bond donors (Lipinski definition) is 1. The summed E-state index contributed by atoms with van der Waals surface area (Å²) in [5, 5.41) is 19.4. The zero-order valence-electron chi connectivity index (χ0n) is 15.4. The van der Waals surface area contributed by atoms with Crippen molar-refractivity contribution < 1.29 is 14.5 Å². The number of fused-ring (bicyclic) bond motifs is 1. The number of nitro groups is 1. The number of amides is 1. The Labute approximate surface area is 170 Å². The lowest BCUT2D eigenvalue weighted by molar-refractivity contribution is -0.385. The summed E-state index contributed by atoms with van der Waals surface area (Å²) in [5.74, 6) is -0.667. The highest BCUT2D eigenvalue weighted by atomic mass is 35.5. The van der Waals surface area contributed by atoms with E-state index in [0.717, 1.165) is 0 Å². The molecule has 0 spiro atoms. The van der Waals surface area contributed by atoms with Crippen molar-refractivity contribution in [2.24, 2.45) is 0 Å². The Bertz CT molecular complexity index is 1150. The van der Waals surface area contributed by atoms with E-state index < -0.39 is 10.8 Å². The molecule has 0 aliphatic rings. The minimum Gasteiger partial charge on any atom is -0.383 e. The van der Waals surface area contributed by atoms with Crippen LogP contribution in [-0.4, -0.2) is 34.3 Å². The maximum Gasteiger partial charge on any atom is 0.282 e. The molecular formula is C19H17ClN4O5. The van der Waals surface area contributed by atoms with Crippen molar-refractivity contribution in [2.45, 2.75) is 13.1 Å².